The molecule has 0 aliphatic carbocycles. The molecule has 21 heavy (non-hydrogen) atoms. The third-order valence-electron chi connectivity index (χ3n) is 3.58. The number of nitrogens with one attached hydrogen (secondary N) is 2. The number of hydrogen-bond acceptors (Lipinski definition) is 1. The van der Waals surface area contributed by atoms with Crippen LogP contribution in [0.5, 0.6) is 0 Å². The predicted octanol–water partition coefficient (Wildman–Crippen LogP) is 4.01. The zero-order valence-electron chi connectivity index (χ0n) is 13.1. The zero-order chi connectivity index (χ0) is 15.4. The molecule has 0 saturated carbocycles. The Bertz CT molecular complexity index is 614. The van der Waals surface area contributed by atoms with Crippen molar-refractivity contribution >= 4 is 11.7 Å². The number of benzene rings is 1. The Morgan fingerprint density at radius 1 is 1.19 bits per heavy atom. The quantitative estimate of drug-likeness (QED) is 0.876. The van der Waals surface area contributed by atoms with Gasteiger partial charge in [-0.05, 0) is 51.5 Å². The van der Waals surface area contributed by atoms with E-state index in [1.54, 1.807) is 0 Å². The number of hydrogen-bond donors (Lipinski definition) is 2. The van der Waals surface area contributed by atoms with Gasteiger partial charge in [0.05, 0.1) is 0 Å². The van der Waals surface area contributed by atoms with Crippen LogP contribution >= 0.6 is 0 Å². The highest BCUT2D eigenvalue weighted by atomic mass is 16.2. The summed E-state index contributed by atoms with van der Waals surface area (Å²) in [7, 11) is 0. The van der Waals surface area contributed by atoms with Crippen molar-refractivity contribution < 1.29 is 4.79 Å². The molecule has 0 saturated heterocycles. The lowest BCUT2D eigenvalue weighted by Crippen LogP contribution is -2.28. The lowest BCUT2D eigenvalue weighted by Gasteiger charge is -2.14. The molecule has 2 N–H and O–H groups in total. The number of carbonyl (C=O) groups excluding carboxylic acids is 1. The van der Waals surface area contributed by atoms with Crippen molar-refractivity contribution in [2.24, 2.45) is 0 Å². The number of amides is 2. The minimum Gasteiger partial charge on any atom is -0.346 e. The van der Waals surface area contributed by atoms with Gasteiger partial charge in [-0.3, -0.25) is 0 Å². The molecule has 0 fully saturated rings. The van der Waals surface area contributed by atoms with E-state index >= 15 is 0 Å². The van der Waals surface area contributed by atoms with E-state index in [4.69, 9.17) is 0 Å². The molecule has 1 aromatic heterocycles. The Hall–Kier alpha value is -2.23. The van der Waals surface area contributed by atoms with Crippen LogP contribution in [0.2, 0.25) is 0 Å². The summed E-state index contributed by atoms with van der Waals surface area (Å²) in [5.41, 5.74) is 4.39. The van der Waals surface area contributed by atoms with Crippen LogP contribution < -0.4 is 10.6 Å². The monoisotopic (exact) mass is 285 g/mol. The molecular weight excluding hydrogens is 262 g/mol. The van der Waals surface area contributed by atoms with Crippen molar-refractivity contribution in [3.8, 4) is 0 Å². The van der Waals surface area contributed by atoms with Crippen LogP contribution in [-0.4, -0.2) is 10.6 Å². The number of urea groups is 1. The molecule has 0 bridgehead atoms. The first kappa shape index (κ1) is 15.2. The summed E-state index contributed by atoms with van der Waals surface area (Å²) in [5.74, 6) is 0. The molecule has 0 unspecified atom stereocenters. The number of aryl methyl sites for hydroxylation is 1. The highest BCUT2D eigenvalue weighted by Gasteiger charge is 2.11. The van der Waals surface area contributed by atoms with Crippen molar-refractivity contribution in [1.82, 2.24) is 9.88 Å². The second-order valence-corrected chi connectivity index (χ2v) is 5.53. The molecule has 0 spiro atoms. The standard InChI is InChI=1S/C17H23N3O/c1-12(2)20-13(3)10-15(14(20)4)11-18-17(21)19-16-8-6-5-7-9-16/h5-10,12H,11H2,1-4H3,(H2,18,19,21). The van der Waals surface area contributed by atoms with E-state index in [2.05, 4.69) is 49.0 Å². The summed E-state index contributed by atoms with van der Waals surface area (Å²) in [4.78, 5) is 11.9. The van der Waals surface area contributed by atoms with Crippen molar-refractivity contribution in [3.05, 3.63) is 53.3 Å². The van der Waals surface area contributed by atoms with E-state index in [-0.39, 0.29) is 6.03 Å². The molecule has 0 atom stereocenters. The molecule has 2 amide bonds. The SMILES string of the molecule is Cc1cc(CNC(=O)Nc2ccccc2)c(C)n1C(C)C. The molecule has 2 aromatic rings. The average molecular weight is 285 g/mol. The fraction of sp³-hybridized carbons (Fsp3) is 0.353. The Morgan fingerprint density at radius 2 is 1.86 bits per heavy atom. The van der Waals surface area contributed by atoms with Gasteiger partial charge < -0.3 is 15.2 Å². The minimum atomic E-state index is -0.185. The maximum Gasteiger partial charge on any atom is 0.319 e. The van der Waals surface area contributed by atoms with Crippen LogP contribution in [-0.2, 0) is 6.54 Å². The van der Waals surface area contributed by atoms with Gasteiger partial charge in [0.2, 0.25) is 0 Å². The molecule has 2 rings (SSSR count). The molecule has 0 aliphatic rings. The summed E-state index contributed by atoms with van der Waals surface area (Å²) < 4.78 is 2.28. The second kappa shape index (κ2) is 6.48. The van der Waals surface area contributed by atoms with Crippen LogP contribution in [0, 0.1) is 13.8 Å². The largest absolute Gasteiger partial charge is 0.346 e. The first-order valence-electron chi connectivity index (χ1n) is 7.26. The van der Waals surface area contributed by atoms with Gasteiger partial charge in [0.1, 0.15) is 0 Å². The zero-order valence-corrected chi connectivity index (χ0v) is 13.1. The van der Waals surface area contributed by atoms with E-state index < -0.39 is 0 Å². The highest BCUT2D eigenvalue weighted by Crippen LogP contribution is 2.19. The van der Waals surface area contributed by atoms with Crippen LogP contribution in [0.25, 0.3) is 0 Å². The molecule has 4 heteroatoms. The third kappa shape index (κ3) is 3.66. The van der Waals surface area contributed by atoms with Gasteiger partial charge in [-0.1, -0.05) is 18.2 Å². The third-order valence-corrected chi connectivity index (χ3v) is 3.58. The molecule has 4 nitrogen and oxygen atoms in total. The predicted molar refractivity (Wildman–Crippen MR) is 86.6 cm³/mol. The van der Waals surface area contributed by atoms with Crippen molar-refractivity contribution in [1.29, 1.82) is 0 Å². The van der Waals surface area contributed by atoms with Gasteiger partial charge >= 0.3 is 6.03 Å². The number of para-hydroxylation sites is 1. The molecule has 112 valence electrons. The Kier molecular flexibility index (Phi) is 4.68. The Labute approximate surface area is 126 Å². The first-order chi connectivity index (χ1) is 9.99. The maximum atomic E-state index is 11.9. The highest BCUT2D eigenvalue weighted by molar-refractivity contribution is 5.89. The van der Waals surface area contributed by atoms with Crippen molar-refractivity contribution in [2.45, 2.75) is 40.3 Å². The van der Waals surface area contributed by atoms with Gasteiger partial charge in [-0.2, -0.15) is 0 Å². The van der Waals surface area contributed by atoms with E-state index in [1.807, 2.05) is 30.3 Å². The van der Waals surface area contributed by atoms with E-state index in [0.717, 1.165) is 11.3 Å². The molecule has 1 heterocycles. The van der Waals surface area contributed by atoms with Gasteiger partial charge in [-0.25, -0.2) is 4.79 Å². The van der Waals surface area contributed by atoms with Gasteiger partial charge in [0.15, 0.2) is 0 Å². The summed E-state index contributed by atoms with van der Waals surface area (Å²) in [6, 6.07) is 11.8. The smallest absolute Gasteiger partial charge is 0.319 e. The lowest BCUT2D eigenvalue weighted by atomic mass is 10.2. The van der Waals surface area contributed by atoms with Gasteiger partial charge in [0.25, 0.3) is 0 Å². The molecule has 1 aromatic carbocycles. The van der Waals surface area contributed by atoms with E-state index in [9.17, 15) is 4.79 Å². The number of nitrogens with zero attached hydrogens (tertiary/aromatic N) is 1. The average Bonchev–Trinajstić information content (AvgIpc) is 2.72. The molecular formula is C17H23N3O. The van der Waals surface area contributed by atoms with E-state index in [0.29, 0.717) is 12.6 Å². The van der Waals surface area contributed by atoms with Gasteiger partial charge in [-0.15, -0.1) is 0 Å². The van der Waals surface area contributed by atoms with Crippen LogP contribution in [0.3, 0.4) is 0 Å². The maximum absolute atomic E-state index is 11.9. The topological polar surface area (TPSA) is 46.1 Å². The summed E-state index contributed by atoms with van der Waals surface area (Å²) in [6.07, 6.45) is 0. The fourth-order valence-electron chi connectivity index (χ4n) is 2.69. The molecule has 0 aliphatic heterocycles. The van der Waals surface area contributed by atoms with E-state index in [1.165, 1.54) is 11.4 Å². The molecule has 0 radical (unpaired) electrons. The Balaban J connectivity index is 1.97. The van der Waals surface area contributed by atoms with Crippen LogP contribution in [0.4, 0.5) is 10.5 Å². The van der Waals surface area contributed by atoms with Crippen molar-refractivity contribution in [3.63, 3.8) is 0 Å². The number of rotatable bonds is 4. The van der Waals surface area contributed by atoms with Crippen LogP contribution in [0.1, 0.15) is 36.8 Å². The number of aromatic nitrogens is 1. The van der Waals surface area contributed by atoms with Crippen LogP contribution in [0.15, 0.2) is 36.4 Å². The number of carbonyl (C=O) groups is 1. The fourth-order valence-corrected chi connectivity index (χ4v) is 2.69. The van der Waals surface area contributed by atoms with Crippen molar-refractivity contribution in [2.75, 3.05) is 5.32 Å². The van der Waals surface area contributed by atoms with Gasteiger partial charge in [0, 0.05) is 29.7 Å². The summed E-state index contributed by atoms with van der Waals surface area (Å²) >= 11 is 0. The normalized spacial score (nSPS) is 10.7. The first-order valence-corrected chi connectivity index (χ1v) is 7.26. The minimum absolute atomic E-state index is 0.185. The summed E-state index contributed by atoms with van der Waals surface area (Å²) in [5, 5.41) is 5.72. The number of anilines is 1. The summed E-state index contributed by atoms with van der Waals surface area (Å²) in [6.45, 7) is 9.06. The second-order valence-electron chi connectivity index (χ2n) is 5.53. The lowest BCUT2D eigenvalue weighted by molar-refractivity contribution is 0.251. The Morgan fingerprint density at radius 3 is 2.43 bits per heavy atom.